The van der Waals surface area contributed by atoms with Gasteiger partial charge in [0, 0.05) is 17.4 Å². The SMILES string of the molecule is C=CC[C@@]12CC=C(I)[C@@](C)(CO[Si](C)(C)C(C)(C)C)C1=CC[C@H]2O[Si](C)(C)C(C)(C)C. The zero-order chi connectivity index (χ0) is 24.1. The van der Waals surface area contributed by atoms with Crippen molar-refractivity contribution in [2.24, 2.45) is 10.8 Å². The van der Waals surface area contributed by atoms with Crippen LogP contribution in [-0.4, -0.2) is 29.3 Å². The van der Waals surface area contributed by atoms with E-state index in [-0.39, 0.29) is 27.0 Å². The van der Waals surface area contributed by atoms with E-state index in [1.54, 1.807) is 0 Å². The molecule has 2 rings (SSSR count). The highest BCUT2D eigenvalue weighted by Gasteiger charge is 2.56. The minimum Gasteiger partial charge on any atom is -0.416 e. The third kappa shape index (κ3) is 5.05. The van der Waals surface area contributed by atoms with Crippen molar-refractivity contribution in [1.29, 1.82) is 0 Å². The fourth-order valence-corrected chi connectivity index (χ4v) is 7.57. The molecule has 0 amide bonds. The number of halogens is 1. The van der Waals surface area contributed by atoms with E-state index in [2.05, 4.69) is 122 Å². The highest BCUT2D eigenvalue weighted by atomic mass is 127. The quantitative estimate of drug-likeness (QED) is 0.172. The molecule has 2 nitrogen and oxygen atoms in total. The van der Waals surface area contributed by atoms with Crippen LogP contribution in [0.2, 0.25) is 36.3 Å². The molecule has 0 heterocycles. The molecular weight excluding hydrogens is 527 g/mol. The summed E-state index contributed by atoms with van der Waals surface area (Å²) in [5.41, 5.74) is 1.47. The van der Waals surface area contributed by atoms with Crippen molar-refractivity contribution in [3.63, 3.8) is 0 Å². The van der Waals surface area contributed by atoms with Crippen LogP contribution in [0.4, 0.5) is 0 Å². The Bertz CT molecular complexity index is 754. The van der Waals surface area contributed by atoms with Crippen LogP contribution in [0, 0.1) is 10.8 Å². The van der Waals surface area contributed by atoms with Crippen LogP contribution in [0.5, 0.6) is 0 Å². The molecule has 0 aliphatic heterocycles. The molecular formula is C26H47IO2Si2. The Morgan fingerprint density at radius 2 is 1.61 bits per heavy atom. The zero-order valence-electron chi connectivity index (χ0n) is 22.0. The third-order valence-electron chi connectivity index (χ3n) is 8.74. The first-order chi connectivity index (χ1) is 13.8. The molecule has 0 aromatic carbocycles. The molecule has 0 aromatic rings. The van der Waals surface area contributed by atoms with Crippen LogP contribution in [0.15, 0.2) is 34.0 Å². The molecule has 0 fully saturated rings. The fourth-order valence-electron chi connectivity index (χ4n) is 4.43. The van der Waals surface area contributed by atoms with Gasteiger partial charge < -0.3 is 8.85 Å². The van der Waals surface area contributed by atoms with Gasteiger partial charge in [0.15, 0.2) is 16.6 Å². The Morgan fingerprint density at radius 1 is 1.06 bits per heavy atom. The van der Waals surface area contributed by atoms with E-state index in [1.165, 1.54) is 9.15 Å². The molecule has 0 saturated carbocycles. The van der Waals surface area contributed by atoms with Gasteiger partial charge in [-0.25, -0.2) is 0 Å². The summed E-state index contributed by atoms with van der Waals surface area (Å²) < 4.78 is 15.3. The molecule has 0 aromatic heterocycles. The first kappa shape index (κ1) is 27.5. The molecule has 2 aliphatic rings. The van der Waals surface area contributed by atoms with Crippen LogP contribution in [0.1, 0.15) is 67.7 Å². The lowest BCUT2D eigenvalue weighted by Crippen LogP contribution is -2.51. The molecule has 31 heavy (non-hydrogen) atoms. The van der Waals surface area contributed by atoms with Gasteiger partial charge in [-0.1, -0.05) is 65.3 Å². The van der Waals surface area contributed by atoms with Gasteiger partial charge in [-0.2, -0.15) is 0 Å². The summed E-state index contributed by atoms with van der Waals surface area (Å²) >= 11 is 2.57. The zero-order valence-corrected chi connectivity index (χ0v) is 26.2. The van der Waals surface area contributed by atoms with E-state index < -0.39 is 16.6 Å². The topological polar surface area (TPSA) is 18.5 Å². The van der Waals surface area contributed by atoms with Gasteiger partial charge in [0.2, 0.25) is 0 Å². The van der Waals surface area contributed by atoms with Crippen molar-refractivity contribution in [2.45, 2.75) is 110 Å². The molecule has 3 atom stereocenters. The number of allylic oxidation sites excluding steroid dienone is 2. The van der Waals surface area contributed by atoms with Crippen LogP contribution < -0.4 is 0 Å². The van der Waals surface area contributed by atoms with Crippen molar-refractivity contribution in [3.05, 3.63) is 34.0 Å². The Kier molecular flexibility index (Phi) is 7.84. The van der Waals surface area contributed by atoms with Gasteiger partial charge >= 0.3 is 0 Å². The lowest BCUT2D eigenvalue weighted by atomic mass is 9.61. The van der Waals surface area contributed by atoms with E-state index in [4.69, 9.17) is 8.85 Å². The normalized spacial score (nSPS) is 30.0. The number of rotatable bonds is 7. The van der Waals surface area contributed by atoms with E-state index in [1.807, 2.05) is 0 Å². The summed E-state index contributed by atoms with van der Waals surface area (Å²) in [6.07, 6.45) is 10.3. The highest BCUT2D eigenvalue weighted by molar-refractivity contribution is 14.1. The van der Waals surface area contributed by atoms with E-state index in [9.17, 15) is 0 Å². The molecule has 178 valence electrons. The first-order valence-electron chi connectivity index (χ1n) is 11.8. The van der Waals surface area contributed by atoms with Crippen molar-refractivity contribution >= 4 is 39.2 Å². The predicted molar refractivity (Wildman–Crippen MR) is 150 cm³/mol. The standard InChI is InChI=1S/C26H47IO2Si2/c1-13-17-26-18-16-21(27)25(8,19-28-30(9,10)23(2,3)4)20(26)14-15-22(26)29-31(11,12)24(5,6)7/h13-14,16,22H,1,15,17-19H2,2-12H3/t22-,25+,26-/m1/s1. The summed E-state index contributed by atoms with van der Waals surface area (Å²) in [5, 5.41) is 0.419. The Labute approximate surface area is 208 Å². The average Bonchev–Trinajstić information content (AvgIpc) is 2.94. The monoisotopic (exact) mass is 574 g/mol. The second kappa shape index (κ2) is 8.82. The van der Waals surface area contributed by atoms with Gasteiger partial charge in [-0.15, -0.1) is 6.58 Å². The molecule has 5 heteroatoms. The molecule has 0 spiro atoms. The highest BCUT2D eigenvalue weighted by Crippen LogP contribution is 2.61. The number of hydrogen-bond acceptors (Lipinski definition) is 2. The van der Waals surface area contributed by atoms with Gasteiger partial charge in [0.05, 0.1) is 6.10 Å². The largest absolute Gasteiger partial charge is 0.416 e. The lowest BCUT2D eigenvalue weighted by Gasteiger charge is -2.51. The lowest BCUT2D eigenvalue weighted by molar-refractivity contribution is 0.0581. The molecule has 0 radical (unpaired) electrons. The number of fused-ring (bicyclic) bond motifs is 1. The van der Waals surface area contributed by atoms with Crippen LogP contribution in [0.3, 0.4) is 0 Å². The fraction of sp³-hybridized carbons (Fsp3) is 0.769. The van der Waals surface area contributed by atoms with E-state index >= 15 is 0 Å². The van der Waals surface area contributed by atoms with E-state index in [0.29, 0.717) is 0 Å². The molecule has 0 unspecified atom stereocenters. The van der Waals surface area contributed by atoms with Crippen LogP contribution in [0.25, 0.3) is 0 Å². The van der Waals surface area contributed by atoms with E-state index in [0.717, 1.165) is 25.9 Å². The average molecular weight is 575 g/mol. The maximum Gasteiger partial charge on any atom is 0.192 e. The predicted octanol–water partition coefficient (Wildman–Crippen LogP) is 9.02. The van der Waals surface area contributed by atoms with Gasteiger partial charge in [0.25, 0.3) is 0 Å². The molecule has 0 bridgehead atoms. The van der Waals surface area contributed by atoms with Crippen molar-refractivity contribution in [3.8, 4) is 0 Å². The second-order valence-corrected chi connectivity index (χ2v) is 23.7. The molecule has 0 saturated heterocycles. The van der Waals surface area contributed by atoms with Crippen molar-refractivity contribution < 1.29 is 8.85 Å². The van der Waals surface area contributed by atoms with Gasteiger partial charge in [-0.05, 0) is 88.6 Å². The summed E-state index contributed by atoms with van der Waals surface area (Å²) in [6, 6.07) is 0. The van der Waals surface area contributed by atoms with Gasteiger partial charge in [-0.3, -0.25) is 0 Å². The smallest absolute Gasteiger partial charge is 0.192 e. The summed E-state index contributed by atoms with van der Waals surface area (Å²) in [5.74, 6) is 0. The summed E-state index contributed by atoms with van der Waals surface area (Å²) in [6.45, 7) is 30.8. The van der Waals surface area contributed by atoms with Gasteiger partial charge in [0.1, 0.15) is 0 Å². The Hall–Kier alpha value is 0.304. The summed E-state index contributed by atoms with van der Waals surface area (Å²) in [4.78, 5) is 0. The van der Waals surface area contributed by atoms with Crippen molar-refractivity contribution in [2.75, 3.05) is 6.61 Å². The molecule has 0 N–H and O–H groups in total. The maximum atomic E-state index is 7.09. The summed E-state index contributed by atoms with van der Waals surface area (Å²) in [7, 11) is -3.71. The third-order valence-corrected chi connectivity index (χ3v) is 19.3. The minimum atomic E-state index is -1.87. The first-order valence-corrected chi connectivity index (χ1v) is 18.7. The minimum absolute atomic E-state index is 0.0114. The Balaban J connectivity index is 2.43. The second-order valence-electron chi connectivity index (χ2n) is 13.0. The van der Waals surface area contributed by atoms with Crippen molar-refractivity contribution in [1.82, 2.24) is 0 Å². The molecule has 2 aliphatic carbocycles. The van der Waals surface area contributed by atoms with Crippen LogP contribution in [-0.2, 0) is 8.85 Å². The maximum absolute atomic E-state index is 7.09. The van der Waals surface area contributed by atoms with Crippen LogP contribution >= 0.6 is 22.6 Å². The number of hydrogen-bond donors (Lipinski definition) is 0. The Morgan fingerprint density at radius 3 is 2.10 bits per heavy atom.